The van der Waals surface area contributed by atoms with Crippen LogP contribution in [0.25, 0.3) is 0 Å². The van der Waals surface area contributed by atoms with E-state index in [1.54, 1.807) is 0 Å². The van der Waals surface area contributed by atoms with E-state index in [4.69, 9.17) is 0 Å². The molecule has 18 heavy (non-hydrogen) atoms. The van der Waals surface area contributed by atoms with Gasteiger partial charge < -0.3 is 0 Å². The Kier molecular flexibility index (Phi) is 4.74. The summed E-state index contributed by atoms with van der Waals surface area (Å²) in [7, 11) is 0. The van der Waals surface area contributed by atoms with E-state index in [0.29, 0.717) is 5.92 Å². The van der Waals surface area contributed by atoms with Crippen molar-refractivity contribution in [1.82, 2.24) is 4.31 Å². The van der Waals surface area contributed by atoms with E-state index in [1.807, 2.05) is 11.9 Å². The van der Waals surface area contributed by atoms with Crippen molar-refractivity contribution in [3.8, 4) is 0 Å². The first-order valence-electron chi connectivity index (χ1n) is 7.09. The molecule has 2 rings (SSSR count). The van der Waals surface area contributed by atoms with Gasteiger partial charge in [0.15, 0.2) is 0 Å². The van der Waals surface area contributed by atoms with Gasteiger partial charge in [-0.15, -0.1) is 0 Å². The van der Waals surface area contributed by atoms with Crippen LogP contribution in [-0.4, -0.2) is 17.4 Å². The molecule has 1 aromatic rings. The lowest BCUT2D eigenvalue weighted by atomic mass is 9.96. The van der Waals surface area contributed by atoms with Crippen molar-refractivity contribution in [1.29, 1.82) is 0 Å². The standard InChI is InChI=1S/C16H25NS/c1-12(2)14-5-7-16(8-6-14)18-17-10-9-15(11-17)13(3)4/h5-8,12-13,15H,9-11H2,1-4H3. The molecule has 2 heteroatoms. The highest BCUT2D eigenvalue weighted by atomic mass is 32.2. The smallest absolute Gasteiger partial charge is 0.0230 e. The SMILES string of the molecule is CC(C)c1ccc(SN2CCC(C(C)C)C2)cc1. The summed E-state index contributed by atoms with van der Waals surface area (Å²) in [5.41, 5.74) is 1.43. The third-order valence-electron chi connectivity index (χ3n) is 3.91. The molecule has 1 atom stereocenters. The first-order chi connectivity index (χ1) is 8.56. The molecular formula is C16H25NS. The lowest BCUT2D eigenvalue weighted by Crippen LogP contribution is -2.14. The number of benzene rings is 1. The Morgan fingerprint density at radius 2 is 1.78 bits per heavy atom. The molecule has 0 radical (unpaired) electrons. The highest BCUT2D eigenvalue weighted by Crippen LogP contribution is 2.32. The number of nitrogens with zero attached hydrogens (tertiary/aromatic N) is 1. The lowest BCUT2D eigenvalue weighted by molar-refractivity contribution is 0.401. The molecule has 0 spiro atoms. The predicted molar refractivity (Wildman–Crippen MR) is 80.9 cm³/mol. The Balaban J connectivity index is 1.90. The van der Waals surface area contributed by atoms with Gasteiger partial charge in [0.25, 0.3) is 0 Å². The summed E-state index contributed by atoms with van der Waals surface area (Å²) in [6, 6.07) is 9.07. The first-order valence-corrected chi connectivity index (χ1v) is 7.86. The van der Waals surface area contributed by atoms with Gasteiger partial charge in [0, 0.05) is 18.0 Å². The van der Waals surface area contributed by atoms with E-state index in [9.17, 15) is 0 Å². The van der Waals surface area contributed by atoms with Crippen LogP contribution in [0, 0.1) is 11.8 Å². The summed E-state index contributed by atoms with van der Waals surface area (Å²) in [5, 5.41) is 0. The second-order valence-electron chi connectivity index (χ2n) is 6.00. The van der Waals surface area contributed by atoms with E-state index in [2.05, 4.69) is 56.3 Å². The Morgan fingerprint density at radius 3 is 2.28 bits per heavy atom. The molecule has 0 saturated carbocycles. The molecule has 1 aliphatic rings. The largest absolute Gasteiger partial charge is 0.246 e. The topological polar surface area (TPSA) is 3.24 Å². The molecule has 1 saturated heterocycles. The summed E-state index contributed by atoms with van der Waals surface area (Å²) < 4.78 is 2.52. The van der Waals surface area contributed by atoms with Crippen LogP contribution in [0.2, 0.25) is 0 Å². The summed E-state index contributed by atoms with van der Waals surface area (Å²) in [5.74, 6) is 2.33. The van der Waals surface area contributed by atoms with Crippen LogP contribution in [0.5, 0.6) is 0 Å². The molecule has 1 fully saturated rings. The average molecular weight is 263 g/mol. The second kappa shape index (κ2) is 6.12. The van der Waals surface area contributed by atoms with E-state index in [-0.39, 0.29) is 0 Å². The molecular weight excluding hydrogens is 238 g/mol. The molecule has 1 heterocycles. The summed E-state index contributed by atoms with van der Waals surface area (Å²) in [6.07, 6.45) is 1.36. The average Bonchev–Trinajstić information content (AvgIpc) is 2.78. The highest BCUT2D eigenvalue weighted by molar-refractivity contribution is 7.97. The van der Waals surface area contributed by atoms with E-state index >= 15 is 0 Å². The van der Waals surface area contributed by atoms with Gasteiger partial charge in [0.2, 0.25) is 0 Å². The van der Waals surface area contributed by atoms with E-state index < -0.39 is 0 Å². The zero-order valence-electron chi connectivity index (χ0n) is 12.0. The van der Waals surface area contributed by atoms with Crippen molar-refractivity contribution in [2.24, 2.45) is 11.8 Å². The number of hydrogen-bond acceptors (Lipinski definition) is 2. The summed E-state index contributed by atoms with van der Waals surface area (Å²) in [4.78, 5) is 1.38. The minimum absolute atomic E-state index is 0.626. The van der Waals surface area contributed by atoms with Crippen LogP contribution in [0.1, 0.15) is 45.6 Å². The summed E-state index contributed by atoms with van der Waals surface area (Å²) >= 11 is 1.93. The Labute approximate surface area is 116 Å². The zero-order valence-corrected chi connectivity index (χ0v) is 12.8. The summed E-state index contributed by atoms with van der Waals surface area (Å²) in [6.45, 7) is 11.7. The molecule has 1 unspecified atom stereocenters. The van der Waals surface area contributed by atoms with Crippen molar-refractivity contribution in [2.45, 2.75) is 44.9 Å². The third kappa shape index (κ3) is 3.52. The quantitative estimate of drug-likeness (QED) is 0.718. The van der Waals surface area contributed by atoms with Gasteiger partial charge >= 0.3 is 0 Å². The highest BCUT2D eigenvalue weighted by Gasteiger charge is 2.25. The van der Waals surface area contributed by atoms with Crippen LogP contribution in [0.4, 0.5) is 0 Å². The Bertz CT molecular complexity index is 369. The van der Waals surface area contributed by atoms with Gasteiger partial charge in [-0.25, -0.2) is 4.31 Å². The lowest BCUT2D eigenvalue weighted by Gasteiger charge is -2.17. The maximum atomic E-state index is 2.52. The Hall–Kier alpha value is -0.470. The van der Waals surface area contributed by atoms with Crippen LogP contribution < -0.4 is 0 Å². The van der Waals surface area contributed by atoms with Crippen LogP contribution in [-0.2, 0) is 0 Å². The van der Waals surface area contributed by atoms with Crippen molar-refractivity contribution in [2.75, 3.05) is 13.1 Å². The zero-order chi connectivity index (χ0) is 13.1. The maximum absolute atomic E-state index is 2.52. The second-order valence-corrected chi connectivity index (χ2v) is 7.17. The predicted octanol–water partition coefficient (Wildman–Crippen LogP) is 4.80. The molecule has 0 N–H and O–H groups in total. The van der Waals surface area contributed by atoms with E-state index in [0.717, 1.165) is 11.8 Å². The van der Waals surface area contributed by atoms with Gasteiger partial charge in [-0.1, -0.05) is 39.8 Å². The maximum Gasteiger partial charge on any atom is 0.0230 e. The first kappa shape index (κ1) is 14.0. The molecule has 0 bridgehead atoms. The fourth-order valence-corrected chi connectivity index (χ4v) is 3.46. The monoisotopic (exact) mass is 263 g/mol. The Morgan fingerprint density at radius 1 is 1.11 bits per heavy atom. The number of hydrogen-bond donors (Lipinski definition) is 0. The minimum atomic E-state index is 0.626. The number of rotatable bonds is 4. The van der Waals surface area contributed by atoms with Crippen molar-refractivity contribution in [3.05, 3.63) is 29.8 Å². The van der Waals surface area contributed by atoms with Gasteiger partial charge in [-0.2, -0.15) is 0 Å². The van der Waals surface area contributed by atoms with Crippen molar-refractivity contribution in [3.63, 3.8) is 0 Å². The van der Waals surface area contributed by atoms with Gasteiger partial charge in [0.05, 0.1) is 0 Å². The fraction of sp³-hybridized carbons (Fsp3) is 0.625. The normalized spacial score (nSPS) is 21.1. The van der Waals surface area contributed by atoms with Crippen LogP contribution in [0.15, 0.2) is 29.2 Å². The molecule has 0 aromatic heterocycles. The van der Waals surface area contributed by atoms with Crippen molar-refractivity contribution >= 4 is 11.9 Å². The van der Waals surface area contributed by atoms with Gasteiger partial charge in [-0.05, 0) is 53.8 Å². The van der Waals surface area contributed by atoms with Crippen LogP contribution in [0.3, 0.4) is 0 Å². The fourth-order valence-electron chi connectivity index (χ4n) is 2.44. The molecule has 100 valence electrons. The van der Waals surface area contributed by atoms with Gasteiger partial charge in [0.1, 0.15) is 0 Å². The molecule has 0 aliphatic carbocycles. The molecule has 1 aromatic carbocycles. The van der Waals surface area contributed by atoms with Crippen LogP contribution >= 0.6 is 11.9 Å². The minimum Gasteiger partial charge on any atom is -0.246 e. The molecule has 1 nitrogen and oxygen atoms in total. The molecule has 1 aliphatic heterocycles. The van der Waals surface area contributed by atoms with Crippen molar-refractivity contribution < 1.29 is 0 Å². The van der Waals surface area contributed by atoms with E-state index in [1.165, 1.54) is 30.0 Å². The third-order valence-corrected chi connectivity index (χ3v) is 4.98. The molecule has 0 amide bonds. The van der Waals surface area contributed by atoms with Gasteiger partial charge in [-0.3, -0.25) is 0 Å².